The first kappa shape index (κ1) is 18.0. The summed E-state index contributed by atoms with van der Waals surface area (Å²) in [6.07, 6.45) is 0. The summed E-state index contributed by atoms with van der Waals surface area (Å²) in [5.41, 5.74) is 0.941. The molecule has 3 aromatic rings. The van der Waals surface area contributed by atoms with Crippen molar-refractivity contribution < 1.29 is 9.59 Å². The molecule has 0 radical (unpaired) electrons. The maximum atomic E-state index is 12.6. The molecule has 2 amide bonds. The van der Waals surface area contributed by atoms with E-state index >= 15 is 0 Å². The van der Waals surface area contributed by atoms with Gasteiger partial charge in [-0.1, -0.05) is 41.9 Å². The van der Waals surface area contributed by atoms with E-state index < -0.39 is 11.7 Å². The lowest BCUT2D eigenvalue weighted by atomic mass is 10.2. The molecular weight excluding hydrogens is 382 g/mol. The Bertz CT molecular complexity index is 1090. The third-order valence-electron chi connectivity index (χ3n) is 4.39. The molecule has 1 aliphatic rings. The normalized spacial score (nSPS) is 12.9. The minimum Gasteiger partial charge on any atom is -0.350 e. The van der Waals surface area contributed by atoms with Crippen LogP contribution in [0, 0.1) is 0 Å². The van der Waals surface area contributed by atoms with E-state index in [1.54, 1.807) is 36.4 Å². The number of halogens is 1. The number of hydrogen-bond acceptors (Lipinski definition) is 4. The zero-order valence-electron chi connectivity index (χ0n) is 14.7. The summed E-state index contributed by atoms with van der Waals surface area (Å²) in [5.74, 6) is -0.0643. The van der Waals surface area contributed by atoms with Gasteiger partial charge in [0.05, 0.1) is 6.54 Å². The van der Waals surface area contributed by atoms with Gasteiger partial charge >= 0.3 is 11.7 Å². The number of hydrogen-bond donors (Lipinski definition) is 1. The molecule has 1 aliphatic heterocycles. The van der Waals surface area contributed by atoms with Crippen molar-refractivity contribution in [3.05, 3.63) is 81.5 Å². The number of carbonyl (C=O) groups excluding carboxylic acids is 2. The van der Waals surface area contributed by atoms with Crippen molar-refractivity contribution in [2.24, 2.45) is 0 Å². The maximum Gasteiger partial charge on any atom is 0.354 e. The summed E-state index contributed by atoms with van der Waals surface area (Å²) < 4.78 is 2.01. The summed E-state index contributed by atoms with van der Waals surface area (Å²) in [4.78, 5) is 38.7. The molecule has 9 heteroatoms. The molecule has 0 saturated heterocycles. The summed E-state index contributed by atoms with van der Waals surface area (Å²) in [6, 6.07) is 15.6. The number of para-hydroxylation sites is 1. The van der Waals surface area contributed by atoms with Crippen LogP contribution in [0.5, 0.6) is 0 Å². The number of nitrogens with one attached hydrogen (secondary N) is 1. The van der Waals surface area contributed by atoms with Crippen LogP contribution in [0.4, 0.5) is 10.5 Å². The van der Waals surface area contributed by atoms with E-state index in [2.05, 4.69) is 10.4 Å². The number of benzene rings is 2. The van der Waals surface area contributed by atoms with Gasteiger partial charge in [-0.15, -0.1) is 0 Å². The maximum absolute atomic E-state index is 12.6. The largest absolute Gasteiger partial charge is 0.354 e. The lowest BCUT2D eigenvalue weighted by molar-refractivity contribution is -0.122. The first-order chi connectivity index (χ1) is 13.5. The molecule has 0 aliphatic carbocycles. The summed E-state index contributed by atoms with van der Waals surface area (Å²) in [5, 5.41) is 7.48. The highest BCUT2D eigenvalue weighted by atomic mass is 35.5. The van der Waals surface area contributed by atoms with E-state index in [0.717, 1.165) is 14.8 Å². The third kappa shape index (κ3) is 3.41. The average molecular weight is 398 g/mol. The number of fused-ring (bicyclic) bond motifs is 1. The minimum absolute atomic E-state index is 0.178. The van der Waals surface area contributed by atoms with Gasteiger partial charge < -0.3 is 5.32 Å². The van der Waals surface area contributed by atoms with Crippen LogP contribution in [0.25, 0.3) is 0 Å². The molecule has 1 aromatic heterocycles. The highest BCUT2D eigenvalue weighted by Crippen LogP contribution is 2.21. The van der Waals surface area contributed by atoms with Gasteiger partial charge in [-0.2, -0.15) is 9.67 Å². The smallest absolute Gasteiger partial charge is 0.350 e. The molecule has 0 unspecified atom stereocenters. The minimum atomic E-state index is -0.625. The predicted octanol–water partition coefficient (Wildman–Crippen LogP) is 2.00. The zero-order valence-corrected chi connectivity index (χ0v) is 15.5. The highest BCUT2D eigenvalue weighted by Gasteiger charge is 2.33. The van der Waals surface area contributed by atoms with Crippen molar-refractivity contribution in [2.45, 2.75) is 19.6 Å². The van der Waals surface area contributed by atoms with Gasteiger partial charge in [0, 0.05) is 17.3 Å². The second kappa shape index (κ2) is 7.32. The van der Waals surface area contributed by atoms with Crippen LogP contribution in [0.3, 0.4) is 0 Å². The van der Waals surface area contributed by atoms with Crippen LogP contribution in [-0.4, -0.2) is 26.3 Å². The quantitative estimate of drug-likeness (QED) is 0.713. The van der Waals surface area contributed by atoms with E-state index in [1.807, 2.05) is 18.2 Å². The fourth-order valence-electron chi connectivity index (χ4n) is 2.98. The van der Waals surface area contributed by atoms with Crippen LogP contribution in [-0.2, 0) is 24.4 Å². The second-order valence-electron chi connectivity index (χ2n) is 6.30. The fourth-order valence-corrected chi connectivity index (χ4v) is 3.11. The first-order valence-electron chi connectivity index (χ1n) is 8.60. The van der Waals surface area contributed by atoms with Crippen molar-refractivity contribution in [1.29, 1.82) is 0 Å². The van der Waals surface area contributed by atoms with Crippen molar-refractivity contribution in [3.8, 4) is 0 Å². The third-order valence-corrected chi connectivity index (χ3v) is 4.64. The summed E-state index contributed by atoms with van der Waals surface area (Å²) in [7, 11) is 0. The molecule has 28 heavy (non-hydrogen) atoms. The Labute approximate surface area is 164 Å². The standard InChI is InChI=1S/C19H16ClN5O3/c20-14-8-6-13(7-9-14)10-21-17(26)12-24-19(28)25-16(22-24)11-23(18(25)27)15-4-2-1-3-5-15/h1-9H,10-12H2,(H,21,26). The Morgan fingerprint density at radius 3 is 2.46 bits per heavy atom. The number of nitrogens with zero attached hydrogens (tertiary/aromatic N) is 4. The highest BCUT2D eigenvalue weighted by molar-refractivity contribution is 6.30. The molecule has 0 bridgehead atoms. The molecule has 0 atom stereocenters. The molecule has 1 N–H and O–H groups in total. The molecule has 2 heterocycles. The lowest BCUT2D eigenvalue weighted by Crippen LogP contribution is -2.37. The van der Waals surface area contributed by atoms with Crippen molar-refractivity contribution in [2.75, 3.05) is 4.90 Å². The van der Waals surface area contributed by atoms with Gasteiger partial charge in [0.1, 0.15) is 6.54 Å². The Morgan fingerprint density at radius 1 is 1.07 bits per heavy atom. The van der Waals surface area contributed by atoms with E-state index in [1.165, 1.54) is 4.90 Å². The summed E-state index contributed by atoms with van der Waals surface area (Å²) >= 11 is 5.83. The Balaban J connectivity index is 1.43. The van der Waals surface area contributed by atoms with Crippen molar-refractivity contribution in [3.63, 3.8) is 0 Å². The lowest BCUT2D eigenvalue weighted by Gasteiger charge is -2.14. The zero-order chi connectivity index (χ0) is 19.7. The van der Waals surface area contributed by atoms with Crippen LogP contribution in [0.15, 0.2) is 59.4 Å². The molecular formula is C19H16ClN5O3. The van der Waals surface area contributed by atoms with Gasteiger partial charge in [-0.05, 0) is 29.8 Å². The monoisotopic (exact) mass is 397 g/mol. The molecule has 0 spiro atoms. The Kier molecular flexibility index (Phi) is 4.70. The molecule has 0 saturated carbocycles. The fraction of sp³-hybridized carbons (Fsp3) is 0.158. The van der Waals surface area contributed by atoms with Crippen molar-refractivity contribution in [1.82, 2.24) is 19.7 Å². The topological polar surface area (TPSA) is 89.2 Å². The van der Waals surface area contributed by atoms with Crippen molar-refractivity contribution >= 4 is 29.2 Å². The van der Waals surface area contributed by atoms with E-state index in [4.69, 9.17) is 11.6 Å². The average Bonchev–Trinajstić information content (AvgIpc) is 3.18. The number of rotatable bonds is 5. The Hall–Kier alpha value is -3.39. The number of aromatic nitrogens is 3. The molecule has 0 fully saturated rings. The molecule has 142 valence electrons. The van der Waals surface area contributed by atoms with E-state index in [0.29, 0.717) is 23.1 Å². The van der Waals surface area contributed by atoms with Gasteiger partial charge in [0.15, 0.2) is 5.82 Å². The van der Waals surface area contributed by atoms with Crippen LogP contribution < -0.4 is 15.9 Å². The van der Waals surface area contributed by atoms with Crippen LogP contribution >= 0.6 is 11.6 Å². The SMILES string of the molecule is O=C(Cn1nc2n(c1=O)C(=O)N(c1ccccc1)C2)NCc1ccc(Cl)cc1. The summed E-state index contributed by atoms with van der Waals surface area (Å²) in [6.45, 7) is 0.224. The first-order valence-corrected chi connectivity index (χ1v) is 8.97. The molecule has 8 nitrogen and oxygen atoms in total. The predicted molar refractivity (Wildman–Crippen MR) is 103 cm³/mol. The molecule has 4 rings (SSSR count). The van der Waals surface area contributed by atoms with E-state index in [-0.39, 0.29) is 19.0 Å². The van der Waals surface area contributed by atoms with Crippen LogP contribution in [0.1, 0.15) is 11.4 Å². The van der Waals surface area contributed by atoms with Gasteiger partial charge in [0.2, 0.25) is 5.91 Å². The molecule has 2 aromatic carbocycles. The van der Waals surface area contributed by atoms with Crippen LogP contribution in [0.2, 0.25) is 5.02 Å². The second-order valence-corrected chi connectivity index (χ2v) is 6.74. The number of amides is 2. The Morgan fingerprint density at radius 2 is 1.79 bits per heavy atom. The van der Waals surface area contributed by atoms with Gasteiger partial charge in [-0.25, -0.2) is 14.3 Å². The van der Waals surface area contributed by atoms with Gasteiger partial charge in [0.25, 0.3) is 0 Å². The number of carbonyl (C=O) groups is 2. The van der Waals surface area contributed by atoms with Gasteiger partial charge in [-0.3, -0.25) is 9.69 Å². The number of anilines is 1. The van der Waals surface area contributed by atoms with E-state index in [9.17, 15) is 14.4 Å².